The van der Waals surface area contributed by atoms with Crippen LogP contribution in [-0.4, -0.2) is 54.9 Å². The van der Waals surface area contributed by atoms with E-state index in [4.69, 9.17) is 4.74 Å². The number of carbonyl (C=O) groups is 3. The summed E-state index contributed by atoms with van der Waals surface area (Å²) in [6.07, 6.45) is 18.7. The highest BCUT2D eigenvalue weighted by atomic mass is 32.1. The zero-order valence-corrected chi connectivity index (χ0v) is 30.1. The summed E-state index contributed by atoms with van der Waals surface area (Å²) in [5, 5.41) is 8.03. The van der Waals surface area contributed by atoms with Gasteiger partial charge in [0.05, 0.1) is 6.42 Å². The fourth-order valence-electron chi connectivity index (χ4n) is 6.50. The number of ether oxygens (including phenoxy) is 1. The number of hydrogen-bond donors (Lipinski definition) is 2. The quantitative estimate of drug-likeness (QED) is 0.0634. The van der Waals surface area contributed by atoms with Crippen molar-refractivity contribution >= 4 is 29.1 Å². The van der Waals surface area contributed by atoms with Gasteiger partial charge in [-0.3, -0.25) is 19.3 Å². The summed E-state index contributed by atoms with van der Waals surface area (Å²) >= 11 is 1.84. The molecule has 0 spiro atoms. The van der Waals surface area contributed by atoms with Gasteiger partial charge in [-0.25, -0.2) is 0 Å². The Morgan fingerprint density at radius 2 is 1.47 bits per heavy atom. The Kier molecular flexibility index (Phi) is 19.4. The molecule has 1 heterocycles. The Morgan fingerprint density at radius 1 is 0.787 bits per heavy atom. The summed E-state index contributed by atoms with van der Waals surface area (Å²) in [6.45, 7) is 7.69. The molecule has 0 saturated carbocycles. The number of fused-ring (bicyclic) bond motifs is 1. The van der Waals surface area contributed by atoms with Crippen molar-refractivity contribution in [2.75, 3.05) is 26.2 Å². The molecule has 0 saturated heterocycles. The van der Waals surface area contributed by atoms with Crippen molar-refractivity contribution in [3.8, 4) is 5.75 Å². The van der Waals surface area contributed by atoms with Gasteiger partial charge in [0.25, 0.3) is 0 Å². The number of rotatable bonds is 25. The molecule has 1 aromatic heterocycles. The molecule has 0 radical (unpaired) electrons. The third kappa shape index (κ3) is 15.8. The van der Waals surface area contributed by atoms with Crippen molar-refractivity contribution < 1.29 is 19.1 Å². The maximum Gasteiger partial charge on any atom is 0.312 e. The maximum atomic E-state index is 12.7. The van der Waals surface area contributed by atoms with Crippen molar-refractivity contribution in [3.05, 3.63) is 51.7 Å². The van der Waals surface area contributed by atoms with E-state index < -0.39 is 0 Å². The highest BCUT2D eigenvalue weighted by Gasteiger charge is 2.26. The molecule has 0 aliphatic heterocycles. The third-order valence-electron chi connectivity index (χ3n) is 9.20. The van der Waals surface area contributed by atoms with Crippen LogP contribution < -0.4 is 15.4 Å². The molecule has 2 aromatic rings. The van der Waals surface area contributed by atoms with Gasteiger partial charge >= 0.3 is 5.97 Å². The van der Waals surface area contributed by atoms with Crippen LogP contribution in [0.3, 0.4) is 0 Å². The second-order valence-corrected chi connectivity index (χ2v) is 14.1. The van der Waals surface area contributed by atoms with Gasteiger partial charge in [-0.1, -0.05) is 83.4 Å². The molecular formula is C39H61N3O4S. The van der Waals surface area contributed by atoms with Crippen molar-refractivity contribution in [1.29, 1.82) is 0 Å². The van der Waals surface area contributed by atoms with Crippen LogP contribution in [0.2, 0.25) is 0 Å². The van der Waals surface area contributed by atoms with E-state index in [0.717, 1.165) is 102 Å². The van der Waals surface area contributed by atoms with Crippen LogP contribution in [0.25, 0.3) is 0 Å². The van der Waals surface area contributed by atoms with E-state index in [9.17, 15) is 14.4 Å². The Bertz CT molecular complexity index is 1170. The third-order valence-corrected chi connectivity index (χ3v) is 10.1. The number of benzene rings is 1. The van der Waals surface area contributed by atoms with Crippen LogP contribution in [0.15, 0.2) is 35.7 Å². The first-order valence-electron chi connectivity index (χ1n) is 18.6. The van der Waals surface area contributed by atoms with E-state index in [1.54, 1.807) is 0 Å². The molecular weight excluding hydrogens is 607 g/mol. The lowest BCUT2D eigenvalue weighted by atomic mass is 9.86. The zero-order valence-electron chi connectivity index (χ0n) is 29.3. The van der Waals surface area contributed by atoms with Gasteiger partial charge in [0, 0.05) is 43.4 Å². The molecule has 47 heavy (non-hydrogen) atoms. The summed E-state index contributed by atoms with van der Waals surface area (Å²) in [4.78, 5) is 40.7. The first-order valence-corrected chi connectivity index (χ1v) is 19.5. The monoisotopic (exact) mass is 667 g/mol. The molecule has 3 rings (SSSR count). The minimum atomic E-state index is -0.292. The van der Waals surface area contributed by atoms with Crippen molar-refractivity contribution in [2.24, 2.45) is 0 Å². The molecule has 262 valence electrons. The van der Waals surface area contributed by atoms with Gasteiger partial charge < -0.3 is 15.4 Å². The Hall–Kier alpha value is -2.71. The minimum absolute atomic E-state index is 0.00961. The molecule has 0 fully saturated rings. The van der Waals surface area contributed by atoms with Crippen LogP contribution in [0.1, 0.15) is 133 Å². The highest BCUT2D eigenvalue weighted by molar-refractivity contribution is 7.09. The van der Waals surface area contributed by atoms with Gasteiger partial charge in [-0.15, -0.1) is 11.3 Å². The largest absolute Gasteiger partial charge is 0.426 e. The molecule has 1 aliphatic rings. The number of thiophene rings is 1. The van der Waals surface area contributed by atoms with Gasteiger partial charge in [-0.2, -0.15) is 0 Å². The van der Waals surface area contributed by atoms with Crippen LogP contribution in [-0.2, 0) is 33.6 Å². The van der Waals surface area contributed by atoms with E-state index in [2.05, 4.69) is 53.0 Å². The zero-order chi connectivity index (χ0) is 33.5. The summed E-state index contributed by atoms with van der Waals surface area (Å²) in [6, 6.07) is 11.0. The van der Waals surface area contributed by atoms with Crippen molar-refractivity contribution in [1.82, 2.24) is 15.5 Å². The van der Waals surface area contributed by atoms with Crippen LogP contribution in [0.5, 0.6) is 5.75 Å². The molecule has 1 aromatic carbocycles. The van der Waals surface area contributed by atoms with Gasteiger partial charge in [0.2, 0.25) is 11.8 Å². The number of hydrogen-bond acceptors (Lipinski definition) is 6. The smallest absolute Gasteiger partial charge is 0.312 e. The SMILES string of the molecule is CCCCNC(=O)CCCCCCCCCCCC(=O)NCCC(=O)Oc1cccc2c1CCC(N(CCC)CCc1cccs1)C2. The van der Waals surface area contributed by atoms with Crippen LogP contribution in [0, 0.1) is 0 Å². The molecule has 0 bridgehead atoms. The van der Waals surface area contributed by atoms with Gasteiger partial charge in [0.15, 0.2) is 0 Å². The number of nitrogens with zero attached hydrogens (tertiary/aromatic N) is 1. The van der Waals surface area contributed by atoms with Gasteiger partial charge in [0.1, 0.15) is 5.75 Å². The van der Waals surface area contributed by atoms with E-state index in [-0.39, 0.29) is 24.2 Å². The predicted molar refractivity (Wildman–Crippen MR) is 194 cm³/mol. The topological polar surface area (TPSA) is 87.7 Å². The van der Waals surface area contributed by atoms with Crippen molar-refractivity contribution in [3.63, 3.8) is 0 Å². The Balaban J connectivity index is 1.22. The summed E-state index contributed by atoms with van der Waals surface area (Å²) in [5.41, 5.74) is 2.45. The van der Waals surface area contributed by atoms with E-state index in [1.165, 1.54) is 36.1 Å². The highest BCUT2D eigenvalue weighted by Crippen LogP contribution is 2.32. The summed E-state index contributed by atoms with van der Waals surface area (Å²) in [7, 11) is 0. The lowest BCUT2D eigenvalue weighted by Gasteiger charge is -2.35. The molecule has 8 heteroatoms. The molecule has 7 nitrogen and oxygen atoms in total. The Labute approximate surface area is 288 Å². The fourth-order valence-corrected chi connectivity index (χ4v) is 7.20. The fraction of sp³-hybridized carbons (Fsp3) is 0.667. The number of nitrogens with one attached hydrogen (secondary N) is 2. The first-order chi connectivity index (χ1) is 23.0. The summed E-state index contributed by atoms with van der Waals surface area (Å²) in [5.74, 6) is 0.592. The van der Waals surface area contributed by atoms with Crippen molar-refractivity contribution in [2.45, 2.75) is 142 Å². The lowest BCUT2D eigenvalue weighted by molar-refractivity contribution is -0.134. The van der Waals surface area contributed by atoms with E-state index in [0.29, 0.717) is 31.2 Å². The van der Waals surface area contributed by atoms with Crippen LogP contribution >= 0.6 is 11.3 Å². The summed E-state index contributed by atoms with van der Waals surface area (Å²) < 4.78 is 5.81. The van der Waals surface area contributed by atoms with Crippen LogP contribution in [0.4, 0.5) is 0 Å². The van der Waals surface area contributed by atoms with E-state index in [1.807, 2.05) is 23.5 Å². The normalized spacial score (nSPS) is 14.1. The number of carbonyl (C=O) groups excluding carboxylic acids is 3. The average molecular weight is 668 g/mol. The molecule has 2 N–H and O–H groups in total. The number of unbranched alkanes of at least 4 members (excludes halogenated alkanes) is 9. The second-order valence-electron chi connectivity index (χ2n) is 13.1. The van der Waals surface area contributed by atoms with E-state index >= 15 is 0 Å². The maximum absolute atomic E-state index is 12.7. The predicted octanol–water partition coefficient (Wildman–Crippen LogP) is 8.18. The Morgan fingerprint density at radius 3 is 2.11 bits per heavy atom. The number of amides is 2. The molecule has 1 atom stereocenters. The number of esters is 1. The molecule has 2 amide bonds. The standard InChI is InChI=1S/C39H61N3O4S/c1-3-5-26-40-37(43)20-13-11-9-7-6-8-10-12-14-21-38(44)41-27-24-39(45)46-36-19-15-17-32-31-33(22-23-35(32)36)42(28-4-2)29-25-34-18-16-30-47-34/h15-19,30,33H,3-14,20-29,31H2,1-2H3,(H,40,43)(H,41,44). The van der Waals surface area contributed by atoms with Gasteiger partial charge in [-0.05, 0) is 86.6 Å². The molecule has 1 unspecified atom stereocenters. The molecule has 1 aliphatic carbocycles. The minimum Gasteiger partial charge on any atom is -0.426 e. The average Bonchev–Trinajstić information content (AvgIpc) is 3.59. The second kappa shape index (κ2) is 23.6. The first kappa shape index (κ1) is 38.7. The lowest BCUT2D eigenvalue weighted by Crippen LogP contribution is -2.41.